The van der Waals surface area contributed by atoms with Crippen LogP contribution in [0.15, 0.2) is 72.8 Å². The number of esters is 1. The first-order chi connectivity index (χ1) is 27.8. The lowest BCUT2D eigenvalue weighted by molar-refractivity contribution is -0.283. The van der Waals surface area contributed by atoms with Gasteiger partial charge in [-0.2, -0.15) is 0 Å². The van der Waals surface area contributed by atoms with Gasteiger partial charge in [-0.05, 0) is 89.5 Å². The number of likely N-dealkylation sites (N-methyl/N-ethyl adjacent to an activating group) is 1. The van der Waals surface area contributed by atoms with Crippen molar-refractivity contribution in [2.24, 2.45) is 23.7 Å². The number of epoxide rings is 1. The number of cyclic esters (lactones) is 1. The van der Waals surface area contributed by atoms with E-state index in [2.05, 4.69) is 0 Å². The van der Waals surface area contributed by atoms with Gasteiger partial charge in [0.15, 0.2) is 12.1 Å². The molecule has 14 heteroatoms. The van der Waals surface area contributed by atoms with E-state index in [0.29, 0.717) is 30.4 Å². The van der Waals surface area contributed by atoms with Crippen molar-refractivity contribution < 1.29 is 63.3 Å². The topological polar surface area (TPSA) is 210 Å². The van der Waals surface area contributed by atoms with Crippen LogP contribution in [0.2, 0.25) is 0 Å². The standard InChI is InChI=1S/C31H51NO9.2C7H6O2/c1-9-25-20(5)29-31(6,41-29)12-10-23(34)17(2)14-21(11-13-33)28(19(4)24(35)16-26(36)39-25)40-30-27(37)22(32(7)8)15-18(3)38-30;2*8-7(9)6-4-2-1-3-5-6/h10,12-13,17-22,24-25,27-30,35,37H,9,11,14-16H2,1-8H3;2*1-5H,(H,8,9)/b12-10+;;/t17-,18-,19+,20?,21+,22+,24-,25?,27-,28-,29?,30+,31+;;/m1../s1. The third-order valence-corrected chi connectivity index (χ3v) is 11.3. The molecule has 3 aliphatic rings. The smallest absolute Gasteiger partial charge is 0.335 e. The van der Waals surface area contributed by atoms with E-state index in [1.54, 1.807) is 79.7 Å². The second kappa shape index (κ2) is 22.9. The Kier molecular flexibility index (Phi) is 19.0. The summed E-state index contributed by atoms with van der Waals surface area (Å²) < 4.78 is 24.2. The van der Waals surface area contributed by atoms with E-state index in [1.165, 1.54) is 0 Å². The molecule has 0 aliphatic carbocycles. The van der Waals surface area contributed by atoms with Crippen LogP contribution in [0.3, 0.4) is 0 Å². The Labute approximate surface area is 347 Å². The average Bonchev–Trinajstić information content (AvgIpc) is 3.89. The maximum absolute atomic E-state index is 13.2. The largest absolute Gasteiger partial charge is 0.478 e. The highest BCUT2D eigenvalue weighted by atomic mass is 16.7. The Morgan fingerprint density at radius 1 is 0.898 bits per heavy atom. The van der Waals surface area contributed by atoms with Crippen LogP contribution in [0.25, 0.3) is 0 Å². The fourth-order valence-corrected chi connectivity index (χ4v) is 7.66. The van der Waals surface area contributed by atoms with Gasteiger partial charge in [0, 0.05) is 30.2 Å². The molecule has 3 unspecified atom stereocenters. The van der Waals surface area contributed by atoms with Crippen LogP contribution in [0.4, 0.5) is 0 Å². The number of ether oxygens (including phenoxy) is 4. The van der Waals surface area contributed by atoms with Gasteiger partial charge < -0.3 is 49.1 Å². The van der Waals surface area contributed by atoms with E-state index in [9.17, 15) is 34.2 Å². The number of aromatic carboxylic acids is 2. The van der Waals surface area contributed by atoms with Gasteiger partial charge >= 0.3 is 17.9 Å². The molecule has 0 radical (unpaired) electrons. The van der Waals surface area contributed by atoms with Gasteiger partial charge in [0.25, 0.3) is 0 Å². The van der Waals surface area contributed by atoms with Crippen LogP contribution >= 0.6 is 0 Å². The van der Waals surface area contributed by atoms with Gasteiger partial charge in [-0.25, -0.2) is 9.59 Å². The minimum atomic E-state index is -1.15. The predicted molar refractivity (Wildman–Crippen MR) is 219 cm³/mol. The summed E-state index contributed by atoms with van der Waals surface area (Å²) in [6, 6.07) is 16.4. The molecule has 5 rings (SSSR count). The second-order valence-electron chi connectivity index (χ2n) is 16.2. The molecule has 14 nitrogen and oxygen atoms in total. The summed E-state index contributed by atoms with van der Waals surface area (Å²) in [6.45, 7) is 11.3. The number of aliphatic hydroxyl groups is 2. The number of fused-ring (bicyclic) bond motifs is 1. The number of ketones is 1. The minimum absolute atomic E-state index is 0.0707. The quantitative estimate of drug-likeness (QED) is 0.149. The molecule has 0 saturated carbocycles. The zero-order valence-electron chi connectivity index (χ0n) is 35.4. The first kappa shape index (κ1) is 49.1. The highest BCUT2D eigenvalue weighted by Crippen LogP contribution is 2.45. The lowest BCUT2D eigenvalue weighted by Crippen LogP contribution is -2.56. The number of hydrogen-bond acceptors (Lipinski definition) is 12. The Balaban J connectivity index is 0.000000419. The lowest BCUT2D eigenvalue weighted by Gasteiger charge is -2.44. The summed E-state index contributed by atoms with van der Waals surface area (Å²) in [7, 11) is 3.76. The third kappa shape index (κ3) is 14.4. The Morgan fingerprint density at radius 2 is 1.46 bits per heavy atom. The van der Waals surface area contributed by atoms with Crippen LogP contribution in [-0.2, 0) is 33.3 Å². The Bertz CT molecular complexity index is 1640. The number of nitrogens with zero attached hydrogens (tertiary/aromatic N) is 1. The van der Waals surface area contributed by atoms with E-state index in [0.717, 1.165) is 6.29 Å². The molecule has 0 amide bonds. The summed E-state index contributed by atoms with van der Waals surface area (Å²) in [5.74, 6) is -4.07. The summed E-state index contributed by atoms with van der Waals surface area (Å²) in [5.41, 5.74) is 0.0248. The molecular weight excluding hydrogens is 762 g/mol. The molecule has 3 aliphatic heterocycles. The number of carbonyl (C=O) groups excluding carboxylic acids is 3. The summed E-state index contributed by atoms with van der Waals surface area (Å²) in [4.78, 5) is 60.4. The van der Waals surface area contributed by atoms with Gasteiger partial charge in [-0.1, -0.05) is 64.1 Å². The van der Waals surface area contributed by atoms with Crippen LogP contribution in [0.5, 0.6) is 0 Å². The van der Waals surface area contributed by atoms with Gasteiger partial charge in [0.2, 0.25) is 0 Å². The molecule has 13 atom stereocenters. The Morgan fingerprint density at radius 3 is 1.93 bits per heavy atom. The van der Waals surface area contributed by atoms with Gasteiger partial charge in [-0.3, -0.25) is 9.59 Å². The number of benzene rings is 2. The van der Waals surface area contributed by atoms with Crippen molar-refractivity contribution in [1.29, 1.82) is 0 Å². The first-order valence-corrected chi connectivity index (χ1v) is 20.3. The van der Waals surface area contributed by atoms with Crippen LogP contribution in [-0.4, -0.2) is 124 Å². The molecule has 326 valence electrons. The predicted octanol–water partition coefficient (Wildman–Crippen LogP) is 5.44. The van der Waals surface area contributed by atoms with Gasteiger partial charge in [0.1, 0.15) is 24.1 Å². The SMILES string of the molecule is CCC1OC(=O)C[C@@H](O)[C@H](C)[C@@H](O[C@@H]2O[C@H](C)C[C@H](N(C)C)[C@H]2O)[C@@H](CC=O)C[C@@H](C)C(=O)/C=C/[C@]2(C)OC2C1C.O=C(O)c1ccccc1.O=C(O)c1ccccc1. The zero-order valence-corrected chi connectivity index (χ0v) is 35.4. The summed E-state index contributed by atoms with van der Waals surface area (Å²) >= 11 is 0. The maximum Gasteiger partial charge on any atom is 0.335 e. The van der Waals surface area contributed by atoms with Crippen molar-refractivity contribution in [3.8, 4) is 0 Å². The molecule has 3 heterocycles. The van der Waals surface area contributed by atoms with E-state index in [4.69, 9.17) is 29.2 Å². The van der Waals surface area contributed by atoms with Crippen molar-refractivity contribution in [2.75, 3.05) is 14.1 Å². The highest BCUT2D eigenvalue weighted by molar-refractivity contribution is 5.91. The number of hydrogen-bond donors (Lipinski definition) is 4. The normalized spacial score (nSPS) is 34.4. The van der Waals surface area contributed by atoms with Crippen LogP contribution in [0, 0.1) is 23.7 Å². The summed E-state index contributed by atoms with van der Waals surface area (Å²) in [6.07, 6.45) is 0.627. The molecule has 0 spiro atoms. The van der Waals surface area contributed by atoms with Crippen LogP contribution < -0.4 is 0 Å². The number of aliphatic hydroxyl groups excluding tert-OH is 2. The molecule has 4 N–H and O–H groups in total. The lowest BCUT2D eigenvalue weighted by atomic mass is 9.79. The minimum Gasteiger partial charge on any atom is -0.478 e. The van der Waals surface area contributed by atoms with Gasteiger partial charge in [0.05, 0.1) is 42.0 Å². The Hall–Kier alpha value is -4.31. The molecule has 59 heavy (non-hydrogen) atoms. The second-order valence-corrected chi connectivity index (χ2v) is 16.2. The number of aldehydes is 1. The zero-order chi connectivity index (χ0) is 44.0. The third-order valence-electron chi connectivity index (χ3n) is 11.3. The van der Waals surface area contributed by atoms with E-state index >= 15 is 0 Å². The number of rotatable bonds is 8. The van der Waals surface area contributed by atoms with Crippen molar-refractivity contribution >= 4 is 30.0 Å². The molecule has 0 aromatic heterocycles. The first-order valence-electron chi connectivity index (χ1n) is 20.3. The van der Waals surface area contributed by atoms with Gasteiger partial charge in [-0.15, -0.1) is 0 Å². The van der Waals surface area contributed by atoms with Crippen LogP contribution in [0.1, 0.15) is 94.4 Å². The number of carboxylic acid groups (broad SMARTS) is 2. The fourth-order valence-electron chi connectivity index (χ4n) is 7.66. The molecule has 2 saturated heterocycles. The molecule has 2 fully saturated rings. The van der Waals surface area contributed by atoms with Crippen molar-refractivity contribution in [3.63, 3.8) is 0 Å². The van der Waals surface area contributed by atoms with E-state index in [1.807, 2.05) is 53.6 Å². The highest BCUT2D eigenvalue weighted by Gasteiger charge is 2.55. The van der Waals surface area contributed by atoms with Crippen molar-refractivity contribution in [2.45, 2.75) is 128 Å². The maximum atomic E-state index is 13.2. The number of carbonyl (C=O) groups is 5. The average molecular weight is 826 g/mol. The fraction of sp³-hybridized carbons (Fsp3) is 0.578. The summed E-state index contributed by atoms with van der Waals surface area (Å²) in [5, 5.41) is 39.2. The number of carboxylic acids is 2. The number of allylic oxidation sites excluding steroid dienone is 1. The van der Waals surface area contributed by atoms with Crippen molar-refractivity contribution in [1.82, 2.24) is 4.90 Å². The van der Waals surface area contributed by atoms with Crippen molar-refractivity contribution in [3.05, 3.63) is 83.9 Å². The molecule has 2 aromatic rings. The monoisotopic (exact) mass is 825 g/mol. The van der Waals surface area contributed by atoms with E-state index < -0.39 is 72.0 Å². The molecule has 2 aromatic carbocycles. The molecule has 0 bridgehead atoms. The molecular formula is C45H63NO13. The van der Waals surface area contributed by atoms with E-state index in [-0.39, 0.29) is 42.8 Å².